The predicted molar refractivity (Wildman–Crippen MR) is 139 cm³/mol. The largest absolute Gasteiger partial charge is 0.355 e. The standard InChI is InChI=1S/C24H35N5O.HI/c1-24(2,29-15-6-4-7-16-29)19-27-23(25-3)26-17-20-10-12-21(13-11-20)18-28-14-8-5-9-22(28)30;/h5,8-14H,4,6-7,15-19H2,1-3H3,(H2,25,26,27);1H. The highest BCUT2D eigenvalue weighted by atomic mass is 127. The zero-order valence-corrected chi connectivity index (χ0v) is 21.3. The number of likely N-dealkylation sites (tertiary alicyclic amines) is 1. The van der Waals surface area contributed by atoms with Gasteiger partial charge < -0.3 is 15.2 Å². The van der Waals surface area contributed by atoms with Crippen LogP contribution in [-0.4, -0.2) is 47.6 Å². The Kier molecular flexibility index (Phi) is 10.0. The van der Waals surface area contributed by atoms with E-state index in [0.717, 1.165) is 18.1 Å². The Labute approximate surface area is 203 Å². The van der Waals surface area contributed by atoms with Crippen LogP contribution >= 0.6 is 24.0 Å². The van der Waals surface area contributed by atoms with Gasteiger partial charge in [-0.05, 0) is 57.0 Å². The van der Waals surface area contributed by atoms with Gasteiger partial charge in [0.25, 0.3) is 5.56 Å². The monoisotopic (exact) mass is 537 g/mol. The van der Waals surface area contributed by atoms with Crippen LogP contribution in [0.1, 0.15) is 44.2 Å². The molecule has 31 heavy (non-hydrogen) atoms. The lowest BCUT2D eigenvalue weighted by Gasteiger charge is -2.41. The van der Waals surface area contributed by atoms with Gasteiger partial charge in [0, 0.05) is 37.9 Å². The molecule has 0 bridgehead atoms. The van der Waals surface area contributed by atoms with Crippen LogP contribution in [0.5, 0.6) is 0 Å². The zero-order chi connectivity index (χ0) is 21.4. The quantitative estimate of drug-likeness (QED) is 0.323. The first-order chi connectivity index (χ1) is 14.5. The molecule has 2 N–H and O–H groups in total. The van der Waals surface area contributed by atoms with Gasteiger partial charge in [0.05, 0.1) is 6.54 Å². The van der Waals surface area contributed by atoms with E-state index in [-0.39, 0.29) is 35.1 Å². The van der Waals surface area contributed by atoms with Gasteiger partial charge in [0.2, 0.25) is 0 Å². The third kappa shape index (κ3) is 7.64. The van der Waals surface area contributed by atoms with Gasteiger partial charge in [-0.2, -0.15) is 0 Å². The number of aliphatic imine (C=N–C) groups is 1. The minimum Gasteiger partial charge on any atom is -0.355 e. The van der Waals surface area contributed by atoms with Crippen LogP contribution in [0.25, 0.3) is 0 Å². The molecule has 2 aromatic rings. The molecular formula is C24H36IN5O. The van der Waals surface area contributed by atoms with E-state index in [1.54, 1.807) is 16.7 Å². The highest BCUT2D eigenvalue weighted by Gasteiger charge is 2.27. The third-order valence-corrected chi connectivity index (χ3v) is 5.86. The number of aromatic nitrogens is 1. The van der Waals surface area contributed by atoms with Crippen molar-refractivity contribution in [2.45, 2.75) is 51.7 Å². The third-order valence-electron chi connectivity index (χ3n) is 5.86. The van der Waals surface area contributed by atoms with E-state index in [1.807, 2.05) is 19.3 Å². The fraction of sp³-hybridized carbons (Fsp3) is 0.500. The summed E-state index contributed by atoms with van der Waals surface area (Å²) in [5, 5.41) is 6.89. The molecule has 0 unspecified atom stereocenters. The van der Waals surface area contributed by atoms with E-state index >= 15 is 0 Å². The molecule has 0 saturated carbocycles. The minimum atomic E-state index is 0. The molecule has 7 heteroatoms. The number of hydrogen-bond acceptors (Lipinski definition) is 3. The molecule has 0 aliphatic carbocycles. The van der Waals surface area contributed by atoms with Gasteiger partial charge in [-0.25, -0.2) is 0 Å². The van der Waals surface area contributed by atoms with Crippen LogP contribution in [0.3, 0.4) is 0 Å². The molecule has 0 spiro atoms. The Morgan fingerprint density at radius 1 is 1.00 bits per heavy atom. The summed E-state index contributed by atoms with van der Waals surface area (Å²) >= 11 is 0. The summed E-state index contributed by atoms with van der Waals surface area (Å²) in [5.74, 6) is 0.819. The molecule has 3 rings (SSSR count). The normalized spacial score (nSPS) is 15.3. The Morgan fingerprint density at radius 2 is 1.68 bits per heavy atom. The van der Waals surface area contributed by atoms with Gasteiger partial charge in [-0.15, -0.1) is 24.0 Å². The number of halogens is 1. The molecule has 0 radical (unpaired) electrons. The molecule has 1 aliphatic heterocycles. The average Bonchev–Trinajstić information content (AvgIpc) is 2.77. The van der Waals surface area contributed by atoms with Crippen molar-refractivity contribution in [1.82, 2.24) is 20.1 Å². The number of hydrogen-bond donors (Lipinski definition) is 2. The van der Waals surface area contributed by atoms with Crippen molar-refractivity contribution in [2.75, 3.05) is 26.7 Å². The molecule has 2 heterocycles. The smallest absolute Gasteiger partial charge is 0.250 e. The van der Waals surface area contributed by atoms with Crippen LogP contribution in [0.2, 0.25) is 0 Å². The molecule has 0 amide bonds. The van der Waals surface area contributed by atoms with Crippen molar-refractivity contribution in [1.29, 1.82) is 0 Å². The molecule has 1 aromatic heterocycles. The van der Waals surface area contributed by atoms with E-state index in [1.165, 1.54) is 37.9 Å². The van der Waals surface area contributed by atoms with Gasteiger partial charge in [-0.1, -0.05) is 36.8 Å². The molecule has 1 aromatic carbocycles. The van der Waals surface area contributed by atoms with E-state index in [0.29, 0.717) is 13.1 Å². The average molecular weight is 537 g/mol. The van der Waals surface area contributed by atoms with Gasteiger partial charge in [-0.3, -0.25) is 14.7 Å². The lowest BCUT2D eigenvalue weighted by Crippen LogP contribution is -2.54. The highest BCUT2D eigenvalue weighted by Crippen LogP contribution is 2.19. The zero-order valence-electron chi connectivity index (χ0n) is 18.9. The maximum absolute atomic E-state index is 11.9. The second-order valence-corrected chi connectivity index (χ2v) is 8.62. The van der Waals surface area contributed by atoms with Crippen molar-refractivity contribution >= 4 is 29.9 Å². The van der Waals surface area contributed by atoms with Gasteiger partial charge in [0.15, 0.2) is 5.96 Å². The molecule has 1 saturated heterocycles. The molecule has 0 atom stereocenters. The topological polar surface area (TPSA) is 61.7 Å². The number of piperidine rings is 1. The molecule has 1 fully saturated rings. The van der Waals surface area contributed by atoms with Crippen molar-refractivity contribution in [2.24, 2.45) is 4.99 Å². The van der Waals surface area contributed by atoms with Crippen LogP contribution in [-0.2, 0) is 13.1 Å². The summed E-state index contributed by atoms with van der Waals surface area (Å²) < 4.78 is 1.71. The molecule has 6 nitrogen and oxygen atoms in total. The molecule has 1 aliphatic rings. The fourth-order valence-electron chi connectivity index (χ4n) is 3.87. The summed E-state index contributed by atoms with van der Waals surface area (Å²) in [7, 11) is 1.81. The van der Waals surface area contributed by atoms with E-state index in [2.05, 4.69) is 58.6 Å². The van der Waals surface area contributed by atoms with Crippen molar-refractivity contribution in [3.63, 3.8) is 0 Å². The Bertz CT molecular complexity index is 885. The number of nitrogens with zero attached hydrogens (tertiary/aromatic N) is 3. The first-order valence-corrected chi connectivity index (χ1v) is 10.9. The second-order valence-electron chi connectivity index (χ2n) is 8.62. The van der Waals surface area contributed by atoms with E-state index < -0.39 is 0 Å². The Balaban J connectivity index is 0.00000341. The number of benzene rings is 1. The van der Waals surface area contributed by atoms with Crippen molar-refractivity contribution in [3.05, 3.63) is 70.1 Å². The highest BCUT2D eigenvalue weighted by molar-refractivity contribution is 14.0. The lowest BCUT2D eigenvalue weighted by atomic mass is 9.98. The fourth-order valence-corrected chi connectivity index (χ4v) is 3.87. The second kappa shape index (κ2) is 12.2. The van der Waals surface area contributed by atoms with Crippen LogP contribution in [0.15, 0.2) is 58.4 Å². The predicted octanol–water partition coefficient (Wildman–Crippen LogP) is 3.44. The SMILES string of the molecule is CN=C(NCc1ccc(Cn2ccccc2=O)cc1)NCC(C)(C)N1CCCCC1.I. The van der Waals surface area contributed by atoms with Crippen LogP contribution in [0.4, 0.5) is 0 Å². The van der Waals surface area contributed by atoms with Crippen LogP contribution < -0.4 is 16.2 Å². The minimum absolute atomic E-state index is 0. The molecule has 170 valence electrons. The maximum Gasteiger partial charge on any atom is 0.250 e. The van der Waals surface area contributed by atoms with Crippen molar-refractivity contribution < 1.29 is 0 Å². The lowest BCUT2D eigenvalue weighted by molar-refractivity contribution is 0.0982. The Hall–Kier alpha value is -1.87. The van der Waals surface area contributed by atoms with Gasteiger partial charge >= 0.3 is 0 Å². The first-order valence-electron chi connectivity index (χ1n) is 10.9. The van der Waals surface area contributed by atoms with E-state index in [9.17, 15) is 4.79 Å². The number of nitrogens with one attached hydrogen (secondary N) is 2. The summed E-state index contributed by atoms with van der Waals surface area (Å²) in [4.78, 5) is 18.8. The number of guanidine groups is 1. The number of rotatable bonds is 7. The summed E-state index contributed by atoms with van der Waals surface area (Å²) in [6.07, 6.45) is 5.76. The van der Waals surface area contributed by atoms with Gasteiger partial charge in [0.1, 0.15) is 0 Å². The molecular weight excluding hydrogens is 501 g/mol. The summed E-state index contributed by atoms with van der Waals surface area (Å²) in [6.45, 7) is 9.12. The summed E-state index contributed by atoms with van der Waals surface area (Å²) in [6, 6.07) is 13.6. The van der Waals surface area contributed by atoms with Crippen LogP contribution in [0, 0.1) is 0 Å². The van der Waals surface area contributed by atoms with Crippen molar-refractivity contribution in [3.8, 4) is 0 Å². The maximum atomic E-state index is 11.9. The summed E-state index contributed by atoms with van der Waals surface area (Å²) in [5.41, 5.74) is 2.41. The van der Waals surface area contributed by atoms with E-state index in [4.69, 9.17) is 0 Å². The Morgan fingerprint density at radius 3 is 2.32 bits per heavy atom. The first kappa shape index (κ1) is 25.4. The number of pyridine rings is 1.